The maximum Gasteiger partial charge on any atom is 0.0935 e. The predicted octanol–water partition coefficient (Wildman–Crippen LogP) is 2.56. The molecule has 72 valence electrons. The quantitative estimate of drug-likeness (QED) is 0.803. The van der Waals surface area contributed by atoms with Crippen LogP contribution in [-0.2, 0) is 6.42 Å². The second kappa shape index (κ2) is 4.11. The summed E-state index contributed by atoms with van der Waals surface area (Å²) in [6.45, 7) is 0. The van der Waals surface area contributed by atoms with E-state index in [9.17, 15) is 5.11 Å². The molecule has 0 saturated carbocycles. The average molecular weight is 188 g/mol. The monoisotopic (exact) mass is 188 g/mol. The molecule has 0 aliphatic carbocycles. The van der Waals surface area contributed by atoms with Crippen molar-refractivity contribution in [3.63, 3.8) is 0 Å². The molecule has 14 heavy (non-hydrogen) atoms. The second-order valence-electron chi connectivity index (χ2n) is 3.26. The fourth-order valence-corrected chi connectivity index (χ4v) is 1.43. The highest BCUT2D eigenvalue weighted by Gasteiger charge is 2.07. The van der Waals surface area contributed by atoms with Gasteiger partial charge in [0.25, 0.3) is 0 Å². The Morgan fingerprint density at radius 3 is 2.57 bits per heavy atom. The Bertz CT molecular complexity index is 364. The van der Waals surface area contributed by atoms with Crippen LogP contribution in [0.4, 0.5) is 0 Å². The van der Waals surface area contributed by atoms with Crippen LogP contribution >= 0.6 is 0 Å². The summed E-state index contributed by atoms with van der Waals surface area (Å²) in [6.07, 6.45) is 3.42. The number of benzene rings is 1. The number of hydrogen-bond acceptors (Lipinski definition) is 2. The second-order valence-corrected chi connectivity index (χ2v) is 3.26. The van der Waals surface area contributed by atoms with Gasteiger partial charge in [-0.25, -0.2) is 0 Å². The van der Waals surface area contributed by atoms with E-state index < -0.39 is 6.10 Å². The van der Waals surface area contributed by atoms with Crippen LogP contribution in [0.3, 0.4) is 0 Å². The van der Waals surface area contributed by atoms with E-state index in [0.29, 0.717) is 6.42 Å². The topological polar surface area (TPSA) is 33.4 Å². The minimum Gasteiger partial charge on any atom is -0.472 e. The van der Waals surface area contributed by atoms with Crippen molar-refractivity contribution < 1.29 is 9.52 Å². The molecule has 2 heteroatoms. The van der Waals surface area contributed by atoms with Crippen molar-refractivity contribution >= 4 is 0 Å². The fourth-order valence-electron chi connectivity index (χ4n) is 1.43. The van der Waals surface area contributed by atoms with Crippen LogP contribution < -0.4 is 0 Å². The summed E-state index contributed by atoms with van der Waals surface area (Å²) >= 11 is 0. The van der Waals surface area contributed by atoms with E-state index in [1.54, 1.807) is 12.5 Å². The Hall–Kier alpha value is -1.54. The normalized spacial score (nSPS) is 12.6. The smallest absolute Gasteiger partial charge is 0.0935 e. The van der Waals surface area contributed by atoms with Gasteiger partial charge < -0.3 is 9.52 Å². The van der Waals surface area contributed by atoms with Crippen molar-refractivity contribution in [2.45, 2.75) is 12.5 Å². The molecular formula is C12H12O2. The molecule has 2 nitrogen and oxygen atoms in total. The molecule has 0 fully saturated rings. The molecule has 0 saturated heterocycles. The SMILES string of the molecule is OC(Cc1ccoc1)c1ccccc1. The number of aliphatic hydroxyl groups excluding tert-OH is 1. The maximum absolute atomic E-state index is 9.85. The molecular weight excluding hydrogens is 176 g/mol. The van der Waals surface area contributed by atoms with Gasteiger partial charge in [0.1, 0.15) is 0 Å². The first-order valence-corrected chi connectivity index (χ1v) is 4.60. The molecule has 1 N–H and O–H groups in total. The van der Waals surface area contributed by atoms with Gasteiger partial charge in [-0.2, -0.15) is 0 Å². The van der Waals surface area contributed by atoms with Crippen LogP contribution in [0.1, 0.15) is 17.2 Å². The van der Waals surface area contributed by atoms with E-state index in [4.69, 9.17) is 4.42 Å². The Balaban J connectivity index is 2.07. The molecule has 1 atom stereocenters. The molecule has 1 aromatic carbocycles. The number of rotatable bonds is 3. The van der Waals surface area contributed by atoms with E-state index in [1.807, 2.05) is 36.4 Å². The van der Waals surface area contributed by atoms with E-state index in [-0.39, 0.29) is 0 Å². The lowest BCUT2D eigenvalue weighted by molar-refractivity contribution is 0.178. The van der Waals surface area contributed by atoms with Crippen LogP contribution in [0.25, 0.3) is 0 Å². The van der Waals surface area contributed by atoms with Crippen LogP contribution in [0, 0.1) is 0 Å². The van der Waals surface area contributed by atoms with Crippen LogP contribution in [0.2, 0.25) is 0 Å². The Morgan fingerprint density at radius 1 is 1.14 bits per heavy atom. The summed E-state index contributed by atoms with van der Waals surface area (Å²) in [5.74, 6) is 0. The third-order valence-corrected chi connectivity index (χ3v) is 2.19. The Morgan fingerprint density at radius 2 is 1.93 bits per heavy atom. The zero-order valence-electron chi connectivity index (χ0n) is 7.76. The molecule has 1 aromatic heterocycles. The van der Waals surface area contributed by atoms with Gasteiger partial charge in [0.2, 0.25) is 0 Å². The van der Waals surface area contributed by atoms with Gasteiger partial charge in [-0.15, -0.1) is 0 Å². The Labute approximate surface area is 82.8 Å². The van der Waals surface area contributed by atoms with Crippen molar-refractivity contribution in [3.05, 3.63) is 60.1 Å². The summed E-state index contributed by atoms with van der Waals surface area (Å²) < 4.78 is 4.94. The Kier molecular flexibility index (Phi) is 2.65. The lowest BCUT2D eigenvalue weighted by Gasteiger charge is -2.08. The third-order valence-electron chi connectivity index (χ3n) is 2.19. The summed E-state index contributed by atoms with van der Waals surface area (Å²) in [4.78, 5) is 0. The van der Waals surface area contributed by atoms with Gasteiger partial charge >= 0.3 is 0 Å². The van der Waals surface area contributed by atoms with Gasteiger partial charge in [0.15, 0.2) is 0 Å². The largest absolute Gasteiger partial charge is 0.472 e. The van der Waals surface area contributed by atoms with Crippen molar-refractivity contribution in [2.24, 2.45) is 0 Å². The van der Waals surface area contributed by atoms with Crippen LogP contribution in [-0.4, -0.2) is 5.11 Å². The standard InChI is InChI=1S/C12H12O2/c13-12(8-10-6-7-14-9-10)11-4-2-1-3-5-11/h1-7,9,12-13H,8H2. The highest BCUT2D eigenvalue weighted by atomic mass is 16.3. The number of aliphatic hydroxyl groups is 1. The molecule has 0 aliphatic rings. The maximum atomic E-state index is 9.85. The van der Waals surface area contributed by atoms with Gasteiger partial charge in [0, 0.05) is 6.42 Å². The highest BCUT2D eigenvalue weighted by molar-refractivity contribution is 5.20. The zero-order chi connectivity index (χ0) is 9.80. The van der Waals surface area contributed by atoms with Crippen molar-refractivity contribution in [1.29, 1.82) is 0 Å². The molecule has 0 aliphatic heterocycles. The first-order chi connectivity index (χ1) is 6.86. The van der Waals surface area contributed by atoms with E-state index in [2.05, 4.69) is 0 Å². The summed E-state index contributed by atoms with van der Waals surface area (Å²) in [5, 5.41) is 9.85. The molecule has 0 bridgehead atoms. The van der Waals surface area contributed by atoms with Gasteiger partial charge in [-0.3, -0.25) is 0 Å². The van der Waals surface area contributed by atoms with Crippen molar-refractivity contribution in [1.82, 2.24) is 0 Å². The fraction of sp³-hybridized carbons (Fsp3) is 0.167. The van der Waals surface area contributed by atoms with E-state index >= 15 is 0 Å². The number of furan rings is 1. The van der Waals surface area contributed by atoms with Gasteiger partial charge in [-0.1, -0.05) is 30.3 Å². The molecule has 1 unspecified atom stereocenters. The van der Waals surface area contributed by atoms with E-state index in [0.717, 1.165) is 11.1 Å². The minimum atomic E-state index is -0.450. The van der Waals surface area contributed by atoms with E-state index in [1.165, 1.54) is 0 Å². The first kappa shape index (κ1) is 9.03. The molecule has 0 amide bonds. The highest BCUT2D eigenvalue weighted by Crippen LogP contribution is 2.17. The van der Waals surface area contributed by atoms with Crippen LogP contribution in [0.15, 0.2) is 53.3 Å². The summed E-state index contributed by atoms with van der Waals surface area (Å²) in [7, 11) is 0. The summed E-state index contributed by atoms with van der Waals surface area (Å²) in [6, 6.07) is 11.5. The molecule has 2 aromatic rings. The van der Waals surface area contributed by atoms with Crippen molar-refractivity contribution in [2.75, 3.05) is 0 Å². The molecule has 1 heterocycles. The zero-order valence-corrected chi connectivity index (χ0v) is 7.76. The van der Waals surface area contributed by atoms with Crippen molar-refractivity contribution in [3.8, 4) is 0 Å². The predicted molar refractivity (Wildman–Crippen MR) is 53.8 cm³/mol. The lowest BCUT2D eigenvalue weighted by Crippen LogP contribution is -2.00. The summed E-state index contributed by atoms with van der Waals surface area (Å²) in [5.41, 5.74) is 1.95. The minimum absolute atomic E-state index is 0.450. The van der Waals surface area contributed by atoms with Gasteiger partial charge in [-0.05, 0) is 17.2 Å². The lowest BCUT2D eigenvalue weighted by atomic mass is 10.0. The third kappa shape index (κ3) is 2.03. The molecule has 0 radical (unpaired) electrons. The first-order valence-electron chi connectivity index (χ1n) is 4.60. The average Bonchev–Trinajstić information content (AvgIpc) is 2.72. The molecule has 2 rings (SSSR count). The number of hydrogen-bond donors (Lipinski definition) is 1. The van der Waals surface area contributed by atoms with Gasteiger partial charge in [0.05, 0.1) is 18.6 Å². The van der Waals surface area contributed by atoms with Crippen LogP contribution in [0.5, 0.6) is 0 Å². The molecule has 0 spiro atoms.